The Hall–Kier alpha value is -2.04. The lowest BCUT2D eigenvalue weighted by molar-refractivity contribution is -0.151. The van der Waals surface area contributed by atoms with Gasteiger partial charge < -0.3 is 9.84 Å². The van der Waals surface area contributed by atoms with Gasteiger partial charge in [0.05, 0.1) is 0 Å². The quantitative estimate of drug-likeness (QED) is 0.912. The lowest BCUT2D eigenvalue weighted by Crippen LogP contribution is -2.59. The van der Waals surface area contributed by atoms with E-state index in [0.29, 0.717) is 19.3 Å². The Morgan fingerprint density at radius 1 is 1.23 bits per heavy atom. The summed E-state index contributed by atoms with van der Waals surface area (Å²) in [5, 5.41) is 9.78. The van der Waals surface area contributed by atoms with Crippen LogP contribution in [0.25, 0.3) is 0 Å². The number of benzene rings is 1. The number of hydrogen-bond acceptors (Lipinski definition) is 3. The zero-order valence-electron chi connectivity index (χ0n) is 13.5. The van der Waals surface area contributed by atoms with E-state index < -0.39 is 23.2 Å². The maximum atomic E-state index is 12.3. The second kappa shape index (κ2) is 5.63. The largest absolute Gasteiger partial charge is 0.479 e. The minimum Gasteiger partial charge on any atom is -0.479 e. The first-order chi connectivity index (χ1) is 10.2. The molecular formula is C17H23NO4. The molecule has 0 radical (unpaired) electrons. The molecule has 0 saturated carbocycles. The van der Waals surface area contributed by atoms with E-state index in [1.807, 2.05) is 24.3 Å². The van der Waals surface area contributed by atoms with Gasteiger partial charge in [-0.1, -0.05) is 24.3 Å². The van der Waals surface area contributed by atoms with Crippen LogP contribution in [0.5, 0.6) is 0 Å². The molecule has 2 rings (SSSR count). The minimum atomic E-state index is -1.25. The molecule has 0 aliphatic heterocycles. The van der Waals surface area contributed by atoms with Crippen molar-refractivity contribution in [1.82, 2.24) is 4.90 Å². The lowest BCUT2D eigenvalue weighted by Gasteiger charge is -2.41. The summed E-state index contributed by atoms with van der Waals surface area (Å²) < 4.78 is 5.34. The maximum absolute atomic E-state index is 12.3. The van der Waals surface area contributed by atoms with Crippen LogP contribution >= 0.6 is 0 Å². The summed E-state index contributed by atoms with van der Waals surface area (Å²) in [6.07, 6.45) is 0.716. The zero-order valence-corrected chi connectivity index (χ0v) is 13.5. The summed E-state index contributed by atoms with van der Waals surface area (Å²) in [6.45, 7) is 5.30. The summed E-state index contributed by atoms with van der Waals surface area (Å²) in [6, 6.07) is 7.78. The predicted molar refractivity (Wildman–Crippen MR) is 82.8 cm³/mol. The third kappa shape index (κ3) is 3.08. The molecule has 1 amide bonds. The van der Waals surface area contributed by atoms with Crippen molar-refractivity contribution in [2.24, 2.45) is 0 Å². The molecular weight excluding hydrogens is 282 g/mol. The Bertz CT molecular complexity index is 591. The van der Waals surface area contributed by atoms with E-state index >= 15 is 0 Å². The van der Waals surface area contributed by atoms with Crippen molar-refractivity contribution >= 4 is 12.1 Å². The number of nitrogens with zero attached hydrogens (tertiary/aromatic N) is 1. The van der Waals surface area contributed by atoms with E-state index in [4.69, 9.17) is 4.74 Å². The van der Waals surface area contributed by atoms with Crippen molar-refractivity contribution in [3.63, 3.8) is 0 Å². The summed E-state index contributed by atoms with van der Waals surface area (Å²) in [7, 11) is 1.51. The number of carbonyl (C=O) groups excluding carboxylic acids is 1. The number of fused-ring (bicyclic) bond motifs is 1. The van der Waals surface area contributed by atoms with E-state index in [1.54, 1.807) is 20.8 Å². The molecule has 0 bridgehead atoms. The van der Waals surface area contributed by atoms with Gasteiger partial charge in [-0.25, -0.2) is 9.59 Å². The van der Waals surface area contributed by atoms with Gasteiger partial charge in [0, 0.05) is 13.5 Å². The molecule has 1 aliphatic rings. The third-order valence-electron chi connectivity index (χ3n) is 4.12. The summed E-state index contributed by atoms with van der Waals surface area (Å²) in [4.78, 5) is 25.5. The maximum Gasteiger partial charge on any atom is 0.411 e. The Labute approximate surface area is 130 Å². The molecule has 0 spiro atoms. The molecule has 1 unspecified atom stereocenters. The van der Waals surface area contributed by atoms with E-state index in [0.717, 1.165) is 11.1 Å². The minimum absolute atomic E-state index is 0.300. The van der Waals surface area contributed by atoms with E-state index in [-0.39, 0.29) is 0 Å². The average Bonchev–Trinajstić information content (AvgIpc) is 2.43. The molecule has 0 heterocycles. The first-order valence-corrected chi connectivity index (χ1v) is 7.43. The molecule has 1 atom stereocenters. The second-order valence-electron chi connectivity index (χ2n) is 6.82. The Balaban J connectivity index is 2.31. The number of aliphatic carboxylic acids is 1. The van der Waals surface area contributed by atoms with Gasteiger partial charge in [0.2, 0.25) is 0 Å². The normalized spacial score (nSPS) is 20.9. The van der Waals surface area contributed by atoms with Crippen molar-refractivity contribution in [3.8, 4) is 0 Å². The number of ether oxygens (including phenoxy) is 1. The van der Waals surface area contributed by atoms with Crippen LogP contribution in [-0.2, 0) is 22.4 Å². The molecule has 5 heteroatoms. The first kappa shape index (κ1) is 16.3. The van der Waals surface area contributed by atoms with Crippen LogP contribution < -0.4 is 0 Å². The number of carbonyl (C=O) groups is 2. The Morgan fingerprint density at radius 2 is 1.82 bits per heavy atom. The fourth-order valence-electron chi connectivity index (χ4n) is 2.84. The molecule has 0 saturated heterocycles. The molecule has 22 heavy (non-hydrogen) atoms. The smallest absolute Gasteiger partial charge is 0.411 e. The van der Waals surface area contributed by atoms with Crippen molar-refractivity contribution in [2.75, 3.05) is 7.05 Å². The van der Waals surface area contributed by atoms with Crippen LogP contribution in [0, 0.1) is 0 Å². The molecule has 1 N–H and O–H groups in total. The van der Waals surface area contributed by atoms with E-state index in [1.165, 1.54) is 11.9 Å². The van der Waals surface area contributed by atoms with Crippen LogP contribution in [-0.4, -0.2) is 40.3 Å². The third-order valence-corrected chi connectivity index (χ3v) is 4.12. The number of likely N-dealkylation sites (N-methyl/N-ethyl adjacent to an activating group) is 1. The number of hydrogen-bond donors (Lipinski definition) is 1. The van der Waals surface area contributed by atoms with Crippen LogP contribution in [0.15, 0.2) is 24.3 Å². The molecule has 120 valence electrons. The van der Waals surface area contributed by atoms with Gasteiger partial charge in [-0.2, -0.15) is 0 Å². The molecule has 0 aromatic heterocycles. The fourth-order valence-corrected chi connectivity index (χ4v) is 2.84. The zero-order chi connectivity index (χ0) is 16.5. The summed E-state index contributed by atoms with van der Waals surface area (Å²) in [5.74, 6) is -0.990. The predicted octanol–water partition coefficient (Wildman–Crippen LogP) is 2.87. The van der Waals surface area contributed by atoms with Gasteiger partial charge >= 0.3 is 12.1 Å². The van der Waals surface area contributed by atoms with Gasteiger partial charge in [0.15, 0.2) is 0 Å². The van der Waals surface area contributed by atoms with Crippen LogP contribution in [0.2, 0.25) is 0 Å². The Kier molecular flexibility index (Phi) is 4.18. The SMILES string of the molecule is CN(C(=O)OC(C)(C)C)C1(C(=O)O)CCc2ccccc2C1. The van der Waals surface area contributed by atoms with Crippen molar-refractivity contribution in [1.29, 1.82) is 0 Å². The van der Waals surface area contributed by atoms with Gasteiger partial charge in [0.25, 0.3) is 0 Å². The number of carboxylic acid groups (broad SMARTS) is 1. The highest BCUT2D eigenvalue weighted by Crippen LogP contribution is 2.34. The van der Waals surface area contributed by atoms with Gasteiger partial charge in [-0.05, 0) is 44.7 Å². The molecule has 1 aromatic carbocycles. The molecule has 1 aromatic rings. The highest BCUT2D eigenvalue weighted by molar-refractivity contribution is 5.85. The first-order valence-electron chi connectivity index (χ1n) is 7.43. The molecule has 5 nitrogen and oxygen atoms in total. The second-order valence-corrected chi connectivity index (χ2v) is 6.82. The standard InChI is InChI=1S/C17H23NO4/c1-16(2,3)22-15(21)18(4)17(14(19)20)10-9-12-7-5-6-8-13(12)11-17/h5-8H,9-11H2,1-4H3,(H,19,20). The van der Waals surface area contributed by atoms with Crippen molar-refractivity contribution in [2.45, 2.75) is 51.2 Å². The average molecular weight is 305 g/mol. The van der Waals surface area contributed by atoms with Gasteiger partial charge in [-0.3, -0.25) is 4.90 Å². The molecule has 1 aliphatic carbocycles. The highest BCUT2D eigenvalue weighted by atomic mass is 16.6. The number of carboxylic acids is 1. The number of aryl methyl sites for hydroxylation is 1. The Morgan fingerprint density at radius 3 is 2.36 bits per heavy atom. The van der Waals surface area contributed by atoms with Crippen molar-refractivity contribution in [3.05, 3.63) is 35.4 Å². The van der Waals surface area contributed by atoms with E-state index in [9.17, 15) is 14.7 Å². The fraction of sp³-hybridized carbons (Fsp3) is 0.529. The highest BCUT2D eigenvalue weighted by Gasteiger charge is 2.48. The monoisotopic (exact) mass is 305 g/mol. The topological polar surface area (TPSA) is 66.8 Å². The number of rotatable bonds is 2. The number of amides is 1. The van der Waals surface area contributed by atoms with Gasteiger partial charge in [0.1, 0.15) is 11.1 Å². The van der Waals surface area contributed by atoms with E-state index in [2.05, 4.69) is 0 Å². The summed E-state index contributed by atoms with van der Waals surface area (Å²) >= 11 is 0. The van der Waals surface area contributed by atoms with Crippen molar-refractivity contribution < 1.29 is 19.4 Å². The lowest BCUT2D eigenvalue weighted by atomic mass is 9.77. The van der Waals surface area contributed by atoms with Crippen LogP contribution in [0.3, 0.4) is 0 Å². The van der Waals surface area contributed by atoms with Gasteiger partial charge in [-0.15, -0.1) is 0 Å². The summed E-state index contributed by atoms with van der Waals surface area (Å²) in [5.41, 5.74) is 0.220. The molecule has 0 fully saturated rings. The van der Waals surface area contributed by atoms with Crippen LogP contribution in [0.4, 0.5) is 4.79 Å². The van der Waals surface area contributed by atoms with Crippen LogP contribution in [0.1, 0.15) is 38.3 Å².